The largest absolute Gasteiger partial charge is 0.481 e. The van der Waals surface area contributed by atoms with Crippen molar-refractivity contribution >= 4 is 12.0 Å². The highest BCUT2D eigenvalue weighted by molar-refractivity contribution is 5.76. The molecule has 50 heavy (non-hydrogen) atoms. The molecule has 3 unspecified atom stereocenters. The molecule has 0 aromatic rings. The second-order valence-corrected chi connectivity index (χ2v) is 19.7. The molecule has 7 aliphatic rings. The molecule has 2 N–H and O–H groups in total. The van der Waals surface area contributed by atoms with E-state index in [1.807, 2.05) is 16.8 Å². The molecule has 1 aliphatic heterocycles. The first-order chi connectivity index (χ1) is 23.5. The number of nitrogens with zero attached hydrogens (tertiary/aromatic N) is 2. The standard InChI is InChI=1S/C43H66FN3O3/c1-28(2)30-13-20-43(45-23-24-47-26-25-46(8)37(47)50)22-21-40(6)32(35(30)43)9-10-34-39(5)16-14-31(38(3,4)33(39)15-17-41(34,40)7)29-11-18-42(27-44,19-12-29)36(48)49/h11,14,30,32-35,45H,1,9-10,12-13,15-27H2,2-8H3,(H,48,49)/t30-,32?,33-,34+,35+,39-,40+,41?,42-,43?/m0/s1. The van der Waals surface area contributed by atoms with Gasteiger partial charge in [0.05, 0.1) is 5.41 Å². The maximum Gasteiger partial charge on any atom is 0.319 e. The lowest BCUT2D eigenvalue weighted by Crippen LogP contribution is -2.68. The Balaban J connectivity index is 1.15. The molecule has 278 valence electrons. The van der Waals surface area contributed by atoms with E-state index in [1.165, 1.54) is 68.1 Å². The number of hydrogen-bond acceptors (Lipinski definition) is 3. The van der Waals surface area contributed by atoms with Crippen molar-refractivity contribution in [3.8, 4) is 0 Å². The molecule has 0 bridgehead atoms. The SMILES string of the molecule is C=C(C)[C@@H]1CCC2(NCCN3CCN(C)C3=O)CC[C@]3(C)C(CC[C@H]4C3(C)CC[C@H]3C(C)(C)C(C5=CC[C@](CF)(C(=O)O)CC5)=CC[C@@]34C)[C@@H]12. The predicted molar refractivity (Wildman–Crippen MR) is 198 cm³/mol. The van der Waals surface area contributed by atoms with Crippen molar-refractivity contribution in [2.24, 2.45) is 56.7 Å². The molecule has 5 fully saturated rings. The first kappa shape index (κ1) is 36.2. The number of carbonyl (C=O) groups excluding carboxylic acids is 1. The fourth-order valence-corrected chi connectivity index (χ4v) is 14.5. The van der Waals surface area contributed by atoms with E-state index in [4.69, 9.17) is 0 Å². The van der Waals surface area contributed by atoms with Crippen LogP contribution in [0.5, 0.6) is 0 Å². The topological polar surface area (TPSA) is 72.9 Å². The summed E-state index contributed by atoms with van der Waals surface area (Å²) in [5, 5.41) is 14.0. The Morgan fingerprint density at radius 2 is 1.72 bits per heavy atom. The first-order valence-electron chi connectivity index (χ1n) is 20.1. The average Bonchev–Trinajstić information content (AvgIpc) is 3.61. The summed E-state index contributed by atoms with van der Waals surface area (Å²) in [4.78, 5) is 28.5. The molecular formula is C43H66FN3O3. The van der Waals surface area contributed by atoms with Crippen molar-refractivity contribution in [3.05, 3.63) is 35.5 Å². The quantitative estimate of drug-likeness (QED) is 0.249. The molecule has 2 amide bonds. The molecule has 6 aliphatic carbocycles. The summed E-state index contributed by atoms with van der Waals surface area (Å²) < 4.78 is 14.0. The number of amides is 2. The van der Waals surface area contributed by atoms with Crippen molar-refractivity contribution in [1.29, 1.82) is 0 Å². The molecule has 10 atom stereocenters. The number of hydrogen-bond donors (Lipinski definition) is 2. The summed E-state index contributed by atoms with van der Waals surface area (Å²) in [6.07, 6.45) is 17.0. The maximum absolute atomic E-state index is 14.0. The number of carbonyl (C=O) groups is 2. The third kappa shape index (κ3) is 5.00. The minimum atomic E-state index is -1.25. The van der Waals surface area contributed by atoms with Gasteiger partial charge in [-0.3, -0.25) is 4.79 Å². The molecule has 0 aromatic carbocycles. The summed E-state index contributed by atoms with van der Waals surface area (Å²) in [6.45, 7) is 22.3. The number of carboxylic acid groups (broad SMARTS) is 1. The van der Waals surface area contributed by atoms with Crippen molar-refractivity contribution < 1.29 is 19.1 Å². The summed E-state index contributed by atoms with van der Waals surface area (Å²) in [5.41, 5.74) is 3.64. The zero-order valence-electron chi connectivity index (χ0n) is 32.3. The Hall–Kier alpha value is -2.15. The monoisotopic (exact) mass is 692 g/mol. The van der Waals surface area contributed by atoms with Crippen LogP contribution >= 0.6 is 0 Å². The number of aliphatic carboxylic acids is 1. The van der Waals surface area contributed by atoms with Crippen LogP contribution in [0, 0.1) is 56.7 Å². The molecular weight excluding hydrogens is 625 g/mol. The van der Waals surface area contributed by atoms with Crippen LogP contribution in [0.3, 0.4) is 0 Å². The van der Waals surface area contributed by atoms with E-state index >= 15 is 0 Å². The molecule has 0 radical (unpaired) electrons. The molecule has 1 heterocycles. The zero-order chi connectivity index (χ0) is 36.1. The van der Waals surface area contributed by atoms with E-state index in [1.54, 1.807) is 0 Å². The van der Waals surface area contributed by atoms with Gasteiger partial charge in [-0.25, -0.2) is 9.18 Å². The number of alkyl halides is 1. The number of rotatable bonds is 8. The summed E-state index contributed by atoms with van der Waals surface area (Å²) in [6, 6.07) is 0.166. The molecule has 6 nitrogen and oxygen atoms in total. The van der Waals surface area contributed by atoms with E-state index in [2.05, 4.69) is 65.6 Å². The van der Waals surface area contributed by atoms with E-state index in [-0.39, 0.29) is 33.2 Å². The number of nitrogens with one attached hydrogen (secondary N) is 1. The van der Waals surface area contributed by atoms with Crippen molar-refractivity contribution in [3.63, 3.8) is 0 Å². The van der Waals surface area contributed by atoms with E-state index < -0.39 is 18.1 Å². The first-order valence-corrected chi connectivity index (χ1v) is 20.1. The van der Waals surface area contributed by atoms with Crippen molar-refractivity contribution in [1.82, 2.24) is 15.1 Å². The second kappa shape index (κ2) is 12.2. The highest BCUT2D eigenvalue weighted by atomic mass is 19.1. The Morgan fingerprint density at radius 3 is 2.34 bits per heavy atom. The maximum atomic E-state index is 14.0. The lowest BCUT2D eigenvalue weighted by atomic mass is 9.33. The highest BCUT2D eigenvalue weighted by Gasteiger charge is 2.70. The van der Waals surface area contributed by atoms with Crippen molar-refractivity contribution in [2.45, 2.75) is 124 Å². The molecule has 0 aromatic heterocycles. The Bertz CT molecular complexity index is 1490. The van der Waals surface area contributed by atoms with Crippen LogP contribution in [-0.2, 0) is 4.79 Å². The van der Waals surface area contributed by atoms with Gasteiger partial charge in [0.2, 0.25) is 0 Å². The average molecular weight is 692 g/mol. The number of fused-ring (bicyclic) bond motifs is 7. The summed E-state index contributed by atoms with van der Waals surface area (Å²) in [7, 11) is 1.91. The number of likely N-dealkylation sites (N-methyl/N-ethyl adjacent to an activating group) is 1. The van der Waals surface area contributed by atoms with Gasteiger partial charge in [0.15, 0.2) is 0 Å². The number of urea groups is 1. The molecule has 7 heteroatoms. The zero-order valence-corrected chi connectivity index (χ0v) is 32.3. The highest BCUT2D eigenvalue weighted by Crippen LogP contribution is 2.76. The normalized spacial score (nSPS) is 45.2. The van der Waals surface area contributed by atoms with Gasteiger partial charge < -0.3 is 20.2 Å². The van der Waals surface area contributed by atoms with Gasteiger partial charge in [0.1, 0.15) is 6.67 Å². The van der Waals surface area contributed by atoms with Crippen molar-refractivity contribution in [2.75, 3.05) is 39.9 Å². The fourth-order valence-electron chi connectivity index (χ4n) is 14.5. The number of carboxylic acids is 1. The fraction of sp³-hybridized carbons (Fsp3) is 0.814. The van der Waals surface area contributed by atoms with Gasteiger partial charge in [-0.2, -0.15) is 0 Å². The molecule has 7 rings (SSSR count). The van der Waals surface area contributed by atoms with Crippen LogP contribution in [0.1, 0.15) is 119 Å². The van der Waals surface area contributed by atoms with Crippen LogP contribution in [-0.4, -0.2) is 72.3 Å². The summed E-state index contributed by atoms with van der Waals surface area (Å²) >= 11 is 0. The van der Waals surface area contributed by atoms with Crippen LogP contribution in [0.15, 0.2) is 35.5 Å². The van der Waals surface area contributed by atoms with E-state index in [0.717, 1.165) is 32.6 Å². The van der Waals surface area contributed by atoms with Gasteiger partial charge in [-0.05, 0) is 146 Å². The van der Waals surface area contributed by atoms with E-state index in [0.29, 0.717) is 48.9 Å². The van der Waals surface area contributed by atoms with E-state index in [9.17, 15) is 19.1 Å². The van der Waals surface area contributed by atoms with Gasteiger partial charge in [-0.1, -0.05) is 58.9 Å². The smallest absolute Gasteiger partial charge is 0.319 e. The summed E-state index contributed by atoms with van der Waals surface area (Å²) in [5.74, 6) is 2.03. The lowest BCUT2D eigenvalue weighted by molar-refractivity contribution is -0.221. The van der Waals surface area contributed by atoms with Crippen LogP contribution in [0.4, 0.5) is 9.18 Å². The van der Waals surface area contributed by atoms with Gasteiger partial charge in [0.25, 0.3) is 0 Å². The van der Waals surface area contributed by atoms with Crippen LogP contribution < -0.4 is 5.32 Å². The Labute approximate surface area is 301 Å². The second-order valence-electron chi connectivity index (χ2n) is 19.7. The minimum Gasteiger partial charge on any atom is -0.481 e. The molecule has 4 saturated carbocycles. The van der Waals surface area contributed by atoms with Gasteiger partial charge >= 0.3 is 12.0 Å². The number of halogens is 1. The minimum absolute atomic E-state index is 0.00940. The Kier molecular flexibility index (Phi) is 8.84. The number of allylic oxidation sites excluding steroid dienone is 5. The third-order valence-corrected chi connectivity index (χ3v) is 17.5. The Morgan fingerprint density at radius 1 is 0.960 bits per heavy atom. The van der Waals surface area contributed by atoms with Gasteiger partial charge in [-0.15, -0.1) is 0 Å². The predicted octanol–water partition coefficient (Wildman–Crippen LogP) is 9.04. The molecule has 1 saturated heterocycles. The lowest BCUT2D eigenvalue weighted by Gasteiger charge is -2.72. The third-order valence-electron chi connectivity index (χ3n) is 17.5. The van der Waals surface area contributed by atoms with Crippen LogP contribution in [0.25, 0.3) is 0 Å². The molecule has 0 spiro atoms. The van der Waals surface area contributed by atoms with Crippen LogP contribution in [0.2, 0.25) is 0 Å². The van der Waals surface area contributed by atoms with Gasteiger partial charge in [0, 0.05) is 38.8 Å².